The van der Waals surface area contributed by atoms with Gasteiger partial charge in [0.05, 0.1) is 11.9 Å². The number of hydrogen-bond donors (Lipinski definition) is 3. The Labute approximate surface area is 185 Å². The number of benzene rings is 1. The molecule has 2 aromatic heterocycles. The van der Waals surface area contributed by atoms with E-state index in [0.717, 1.165) is 46.7 Å². The number of aromatic nitrogens is 3. The van der Waals surface area contributed by atoms with Crippen LogP contribution in [-0.2, 0) is 6.42 Å². The minimum absolute atomic E-state index is 0.275. The van der Waals surface area contributed by atoms with Crippen LogP contribution in [0.4, 0.5) is 15.9 Å². The first-order valence-corrected chi connectivity index (χ1v) is 11.1. The third-order valence-corrected chi connectivity index (χ3v) is 6.84. The topological polar surface area (TPSA) is 84.0 Å². The van der Waals surface area contributed by atoms with Crippen LogP contribution >= 0.6 is 0 Å². The molecule has 0 radical (unpaired) electrons. The summed E-state index contributed by atoms with van der Waals surface area (Å²) in [5.74, 6) is 1.59. The lowest BCUT2D eigenvalue weighted by Gasteiger charge is -2.25. The summed E-state index contributed by atoms with van der Waals surface area (Å²) in [6, 6.07) is 8.03. The molecule has 2 aliphatic carbocycles. The molecule has 3 atom stereocenters. The van der Waals surface area contributed by atoms with E-state index in [-0.39, 0.29) is 11.8 Å². The molecule has 3 N–H and O–H groups in total. The summed E-state index contributed by atoms with van der Waals surface area (Å²) < 4.78 is 20.4. The molecule has 3 aromatic rings. The van der Waals surface area contributed by atoms with Gasteiger partial charge in [0.15, 0.2) is 0 Å². The fraction of sp³-hybridized carbons (Fsp3) is 0.375. The summed E-state index contributed by atoms with van der Waals surface area (Å²) >= 11 is 0. The van der Waals surface area contributed by atoms with Gasteiger partial charge in [0.25, 0.3) is 0 Å². The number of nitrogens with zero attached hydrogens (tertiary/aromatic N) is 3. The summed E-state index contributed by atoms with van der Waals surface area (Å²) in [5.41, 5.74) is 5.29. The summed E-state index contributed by atoms with van der Waals surface area (Å²) in [6.45, 7) is 2.95. The van der Waals surface area contributed by atoms with Gasteiger partial charge >= 0.3 is 6.01 Å². The first kappa shape index (κ1) is 19.4. The maximum Gasteiger partial charge on any atom is 0.324 e. The maximum atomic E-state index is 14.4. The van der Waals surface area contributed by atoms with Gasteiger partial charge in [-0.25, -0.2) is 4.39 Å². The van der Waals surface area contributed by atoms with Crippen LogP contribution in [0.15, 0.2) is 30.5 Å². The molecule has 32 heavy (non-hydrogen) atoms. The van der Waals surface area contributed by atoms with Crippen LogP contribution < -0.4 is 20.7 Å². The van der Waals surface area contributed by atoms with E-state index in [2.05, 4.69) is 20.9 Å². The largest absolute Gasteiger partial charge is 0.423 e. The van der Waals surface area contributed by atoms with E-state index in [0.29, 0.717) is 36.0 Å². The smallest absolute Gasteiger partial charge is 0.324 e. The van der Waals surface area contributed by atoms with Crippen LogP contribution in [0.1, 0.15) is 29.8 Å². The lowest BCUT2D eigenvalue weighted by Crippen LogP contribution is -2.37. The number of nitrogens with one attached hydrogen (secondary N) is 3. The molecule has 7 nitrogen and oxygen atoms in total. The van der Waals surface area contributed by atoms with Gasteiger partial charge in [0.2, 0.25) is 0 Å². The molecule has 2 unspecified atom stereocenters. The third-order valence-electron chi connectivity index (χ3n) is 6.84. The van der Waals surface area contributed by atoms with Crippen molar-refractivity contribution in [3.8, 4) is 22.9 Å². The zero-order chi connectivity index (χ0) is 21.8. The number of piperidine rings is 1. The van der Waals surface area contributed by atoms with E-state index in [4.69, 9.17) is 14.7 Å². The highest BCUT2D eigenvalue weighted by atomic mass is 19.1. The average molecular weight is 433 g/mol. The van der Waals surface area contributed by atoms with Crippen molar-refractivity contribution in [1.29, 1.82) is 0 Å². The highest BCUT2D eigenvalue weighted by Crippen LogP contribution is 2.45. The number of halogens is 1. The van der Waals surface area contributed by atoms with E-state index in [9.17, 15) is 4.39 Å². The third kappa shape index (κ3) is 3.26. The van der Waals surface area contributed by atoms with Crippen molar-refractivity contribution in [1.82, 2.24) is 20.3 Å². The second kappa shape index (κ2) is 7.41. The number of anilines is 2. The summed E-state index contributed by atoms with van der Waals surface area (Å²) in [6.07, 6.45) is 4.50. The minimum atomic E-state index is -0.276. The molecule has 0 amide bonds. The maximum absolute atomic E-state index is 14.4. The normalized spacial score (nSPS) is 22.5. The Hall–Kier alpha value is -3.26. The predicted molar refractivity (Wildman–Crippen MR) is 121 cm³/mol. The Kier molecular flexibility index (Phi) is 4.50. The van der Waals surface area contributed by atoms with Gasteiger partial charge in [-0.1, -0.05) is 0 Å². The number of ether oxygens (including phenoxy) is 1. The predicted octanol–water partition coefficient (Wildman–Crippen LogP) is 3.89. The fourth-order valence-electron chi connectivity index (χ4n) is 5.29. The standard InChI is InChI=1S/C24H25FN6O/c1-12-3-4-16(11-27-12)32-24-30-21-9-17-18(6-14(25)7-20(17)26-2)22(21)23(31-24)29-19-8-15-5-13(19)10-28-15/h3-4,6-7,11,13,15,19,26,28H,5,8-10H2,1-2H3,(H,29,30,31)/t13?,15?,19-/m1/s1. The first-order valence-electron chi connectivity index (χ1n) is 11.1. The quantitative estimate of drug-likeness (QED) is 0.441. The molecule has 0 spiro atoms. The molecule has 164 valence electrons. The van der Waals surface area contributed by atoms with Crippen LogP contribution in [-0.4, -0.2) is 40.6 Å². The molecule has 1 aliphatic heterocycles. The van der Waals surface area contributed by atoms with Crippen molar-refractivity contribution in [3.05, 3.63) is 53.2 Å². The fourth-order valence-corrected chi connectivity index (χ4v) is 5.29. The monoisotopic (exact) mass is 432 g/mol. The molecular weight excluding hydrogens is 407 g/mol. The van der Waals surface area contributed by atoms with Crippen LogP contribution in [0.5, 0.6) is 11.8 Å². The van der Waals surface area contributed by atoms with Crippen molar-refractivity contribution in [3.63, 3.8) is 0 Å². The van der Waals surface area contributed by atoms with E-state index < -0.39 is 0 Å². The second-order valence-corrected chi connectivity index (χ2v) is 8.91. The Balaban J connectivity index is 1.42. The lowest BCUT2D eigenvalue weighted by molar-refractivity contribution is 0.435. The average Bonchev–Trinajstić information content (AvgIpc) is 3.49. The Morgan fingerprint density at radius 2 is 2.09 bits per heavy atom. The molecule has 3 heterocycles. The molecule has 6 rings (SSSR count). The molecular formula is C24H25FN6O. The van der Waals surface area contributed by atoms with Crippen LogP contribution in [0.2, 0.25) is 0 Å². The van der Waals surface area contributed by atoms with Gasteiger partial charge < -0.3 is 20.7 Å². The molecule has 1 saturated carbocycles. The van der Waals surface area contributed by atoms with Gasteiger partial charge in [-0.2, -0.15) is 9.97 Å². The van der Waals surface area contributed by atoms with E-state index in [1.165, 1.54) is 12.5 Å². The van der Waals surface area contributed by atoms with E-state index in [1.54, 1.807) is 12.3 Å². The molecule has 8 heteroatoms. The van der Waals surface area contributed by atoms with E-state index >= 15 is 0 Å². The molecule has 2 fully saturated rings. The van der Waals surface area contributed by atoms with Gasteiger partial charge in [-0.05, 0) is 61.1 Å². The van der Waals surface area contributed by atoms with Gasteiger partial charge in [-0.15, -0.1) is 0 Å². The minimum Gasteiger partial charge on any atom is -0.423 e. The molecule has 3 aliphatic rings. The zero-order valence-electron chi connectivity index (χ0n) is 18.1. The highest BCUT2D eigenvalue weighted by Gasteiger charge is 2.40. The summed E-state index contributed by atoms with van der Waals surface area (Å²) in [7, 11) is 1.81. The van der Waals surface area contributed by atoms with Crippen LogP contribution in [0.3, 0.4) is 0 Å². The zero-order valence-corrected chi connectivity index (χ0v) is 18.1. The number of hydrogen-bond acceptors (Lipinski definition) is 7. The van der Waals surface area contributed by atoms with Crippen LogP contribution in [0, 0.1) is 18.7 Å². The highest BCUT2D eigenvalue weighted by molar-refractivity contribution is 5.87. The number of aryl methyl sites for hydroxylation is 1. The van der Waals surface area contributed by atoms with Crippen molar-refractivity contribution >= 4 is 11.5 Å². The van der Waals surface area contributed by atoms with E-state index in [1.807, 2.05) is 26.1 Å². The Morgan fingerprint density at radius 1 is 1.19 bits per heavy atom. The summed E-state index contributed by atoms with van der Waals surface area (Å²) in [4.78, 5) is 13.8. The second-order valence-electron chi connectivity index (χ2n) is 8.91. The Morgan fingerprint density at radius 3 is 2.81 bits per heavy atom. The van der Waals surface area contributed by atoms with Crippen molar-refractivity contribution in [2.45, 2.75) is 38.3 Å². The van der Waals surface area contributed by atoms with Crippen molar-refractivity contribution in [2.75, 3.05) is 24.2 Å². The lowest BCUT2D eigenvalue weighted by atomic mass is 10.0. The Bertz CT molecular complexity index is 1200. The van der Waals surface area contributed by atoms with Crippen molar-refractivity contribution < 1.29 is 9.13 Å². The molecule has 2 bridgehead atoms. The number of pyridine rings is 1. The SMILES string of the molecule is CNc1cc(F)cc2c1Cc1nc(Oc3ccc(C)nc3)nc(N[C@@H]3CC4CC3CN4)c1-2. The number of fused-ring (bicyclic) bond motifs is 5. The number of rotatable bonds is 5. The summed E-state index contributed by atoms with van der Waals surface area (Å²) in [5, 5.41) is 10.3. The van der Waals surface area contributed by atoms with Gasteiger partial charge in [0.1, 0.15) is 17.4 Å². The molecule has 1 aromatic carbocycles. The van der Waals surface area contributed by atoms with Crippen LogP contribution in [0.25, 0.3) is 11.1 Å². The molecule has 1 saturated heterocycles. The van der Waals surface area contributed by atoms with Gasteiger partial charge in [-0.3, -0.25) is 4.98 Å². The van der Waals surface area contributed by atoms with Gasteiger partial charge in [0, 0.05) is 49.0 Å². The van der Waals surface area contributed by atoms with Crippen molar-refractivity contribution in [2.24, 2.45) is 5.92 Å². The first-order chi connectivity index (χ1) is 15.6.